The van der Waals surface area contributed by atoms with Crippen LogP contribution in [0, 0.1) is 0 Å². The lowest BCUT2D eigenvalue weighted by Crippen LogP contribution is -2.36. The van der Waals surface area contributed by atoms with Crippen molar-refractivity contribution < 1.29 is 9.53 Å². The number of nitrogens with zero attached hydrogens (tertiary/aromatic N) is 4. The van der Waals surface area contributed by atoms with Gasteiger partial charge in [0.05, 0.1) is 17.4 Å². The minimum absolute atomic E-state index is 0.0272. The van der Waals surface area contributed by atoms with E-state index in [1.165, 1.54) is 12.8 Å². The molecule has 2 fully saturated rings. The molecule has 6 nitrogen and oxygen atoms in total. The summed E-state index contributed by atoms with van der Waals surface area (Å²) in [5, 5.41) is 0. The van der Waals surface area contributed by atoms with E-state index < -0.39 is 5.60 Å². The molecule has 0 unspecified atom stereocenters. The number of fused-ring (bicyclic) bond motifs is 1. The van der Waals surface area contributed by atoms with Crippen LogP contribution < -0.4 is 0 Å². The highest BCUT2D eigenvalue weighted by atomic mass is 79.9. The quantitative estimate of drug-likeness (QED) is 0.739. The molecule has 1 aliphatic carbocycles. The van der Waals surface area contributed by atoms with Gasteiger partial charge in [0, 0.05) is 24.9 Å². The van der Waals surface area contributed by atoms with Gasteiger partial charge in [0.15, 0.2) is 5.65 Å². The van der Waals surface area contributed by atoms with Crippen LogP contribution >= 0.6 is 15.9 Å². The zero-order valence-electron chi connectivity index (χ0n) is 14.8. The second-order valence-corrected chi connectivity index (χ2v) is 8.76. The van der Waals surface area contributed by atoms with Gasteiger partial charge in [-0.25, -0.2) is 14.8 Å². The minimum Gasteiger partial charge on any atom is -0.444 e. The highest BCUT2D eigenvalue weighted by Gasteiger charge is 2.35. The Morgan fingerprint density at radius 1 is 1.24 bits per heavy atom. The first-order chi connectivity index (χ1) is 11.8. The summed E-state index contributed by atoms with van der Waals surface area (Å²) >= 11 is 3.50. The maximum atomic E-state index is 12.5. The molecular formula is C18H23BrN4O2. The summed E-state index contributed by atoms with van der Waals surface area (Å²) in [6.45, 7) is 6.40. The lowest BCUT2D eigenvalue weighted by Gasteiger charge is -2.27. The first-order valence-corrected chi connectivity index (χ1v) is 9.66. The Hall–Kier alpha value is -1.63. The number of imidazole rings is 1. The second kappa shape index (κ2) is 5.97. The first-order valence-electron chi connectivity index (χ1n) is 8.86. The Balaban J connectivity index is 1.66. The smallest absolute Gasteiger partial charge is 0.410 e. The van der Waals surface area contributed by atoms with Gasteiger partial charge in [-0.1, -0.05) is 0 Å². The molecule has 0 bridgehead atoms. The van der Waals surface area contributed by atoms with Crippen LogP contribution in [0.3, 0.4) is 0 Å². The van der Waals surface area contributed by atoms with E-state index >= 15 is 0 Å². The summed E-state index contributed by atoms with van der Waals surface area (Å²) in [6.07, 6.45) is 7.94. The van der Waals surface area contributed by atoms with E-state index in [0.29, 0.717) is 12.5 Å². The van der Waals surface area contributed by atoms with E-state index in [4.69, 9.17) is 9.72 Å². The Morgan fingerprint density at radius 3 is 2.68 bits per heavy atom. The lowest BCUT2D eigenvalue weighted by atomic mass is 10.1. The molecule has 2 aliphatic rings. The molecule has 0 radical (unpaired) electrons. The molecule has 25 heavy (non-hydrogen) atoms. The van der Waals surface area contributed by atoms with Gasteiger partial charge in [0.2, 0.25) is 0 Å². The molecule has 1 aliphatic heterocycles. The fourth-order valence-corrected chi connectivity index (χ4v) is 3.83. The number of ether oxygens (including phenoxy) is 1. The van der Waals surface area contributed by atoms with Gasteiger partial charge in [-0.15, -0.1) is 0 Å². The predicted octanol–water partition coefficient (Wildman–Crippen LogP) is 4.44. The molecular weight excluding hydrogens is 384 g/mol. The normalized spacial score (nSPS) is 21.1. The average Bonchev–Trinajstić information content (AvgIpc) is 3.07. The van der Waals surface area contributed by atoms with Crippen LogP contribution in [0.15, 0.2) is 17.0 Å². The van der Waals surface area contributed by atoms with Crippen molar-refractivity contribution >= 4 is 27.7 Å². The summed E-state index contributed by atoms with van der Waals surface area (Å²) in [4.78, 5) is 23.9. The molecule has 1 saturated heterocycles. The molecule has 2 aromatic heterocycles. The molecule has 0 N–H and O–H groups in total. The zero-order valence-corrected chi connectivity index (χ0v) is 16.4. The molecule has 4 rings (SSSR count). The third-order valence-electron chi connectivity index (χ3n) is 4.64. The molecule has 7 heteroatoms. The Kier molecular flexibility index (Phi) is 4.02. The molecule has 2 aromatic rings. The summed E-state index contributed by atoms with van der Waals surface area (Å²) in [5.74, 6) is 0.515. The number of carbonyl (C=O) groups excluding carboxylic acids is 1. The van der Waals surface area contributed by atoms with Crippen LogP contribution in [0.4, 0.5) is 4.79 Å². The van der Waals surface area contributed by atoms with E-state index in [2.05, 4.69) is 20.9 Å². The van der Waals surface area contributed by atoms with Gasteiger partial charge in [-0.05, 0) is 62.4 Å². The average molecular weight is 407 g/mol. The molecule has 3 heterocycles. The molecule has 134 valence electrons. The van der Waals surface area contributed by atoms with E-state index in [1.54, 1.807) is 0 Å². The zero-order chi connectivity index (χ0) is 17.8. The predicted molar refractivity (Wildman–Crippen MR) is 97.6 cm³/mol. The third-order valence-corrected chi connectivity index (χ3v) is 5.02. The highest BCUT2D eigenvalue weighted by molar-refractivity contribution is 9.10. The number of amides is 1. The molecule has 0 aromatic carbocycles. The summed E-state index contributed by atoms with van der Waals surface area (Å²) in [7, 11) is 0. The van der Waals surface area contributed by atoms with Crippen molar-refractivity contribution in [1.29, 1.82) is 0 Å². The van der Waals surface area contributed by atoms with E-state index in [1.807, 2.05) is 42.5 Å². The number of aromatic nitrogens is 3. The van der Waals surface area contributed by atoms with Crippen LogP contribution in [0.2, 0.25) is 0 Å². The number of hydrogen-bond acceptors (Lipinski definition) is 4. The van der Waals surface area contributed by atoms with Gasteiger partial charge >= 0.3 is 6.09 Å². The van der Waals surface area contributed by atoms with E-state index in [0.717, 1.165) is 34.5 Å². The van der Waals surface area contributed by atoms with Crippen molar-refractivity contribution in [3.8, 4) is 0 Å². The van der Waals surface area contributed by atoms with Gasteiger partial charge in [-0.2, -0.15) is 0 Å². The molecule has 1 amide bonds. The lowest BCUT2D eigenvalue weighted by molar-refractivity contribution is 0.0222. The topological polar surface area (TPSA) is 59.7 Å². The van der Waals surface area contributed by atoms with Crippen molar-refractivity contribution in [2.24, 2.45) is 0 Å². The highest BCUT2D eigenvalue weighted by Crippen LogP contribution is 2.42. The number of rotatable bonds is 2. The number of halogens is 1. The van der Waals surface area contributed by atoms with Crippen molar-refractivity contribution in [3.63, 3.8) is 0 Å². The molecule has 1 saturated carbocycles. The number of hydrogen-bond donors (Lipinski definition) is 0. The fraction of sp³-hybridized carbons (Fsp3) is 0.611. The van der Waals surface area contributed by atoms with Crippen molar-refractivity contribution in [3.05, 3.63) is 28.4 Å². The monoisotopic (exact) mass is 406 g/mol. The maximum absolute atomic E-state index is 12.5. The van der Waals surface area contributed by atoms with Crippen LogP contribution in [-0.2, 0) is 4.74 Å². The van der Waals surface area contributed by atoms with E-state index in [9.17, 15) is 4.79 Å². The van der Waals surface area contributed by atoms with E-state index in [-0.39, 0.29) is 12.1 Å². The standard InChI is InChI=1S/C18H23BrN4O2/c1-18(2,3)25-17(24)23-8-4-5-13(23)12-9-22-10-14(19)21-15(11-6-7-11)16(22)20-12/h9-11,13H,4-8H2,1-3H3/t13-/m1/s1. The van der Waals surface area contributed by atoms with Gasteiger partial charge < -0.3 is 9.14 Å². The summed E-state index contributed by atoms with van der Waals surface area (Å²) in [5.41, 5.74) is 2.40. The third kappa shape index (κ3) is 3.38. The number of carbonyl (C=O) groups is 1. The fourth-order valence-electron chi connectivity index (χ4n) is 3.41. The van der Waals surface area contributed by atoms with Crippen LogP contribution in [-0.4, -0.2) is 37.5 Å². The van der Waals surface area contributed by atoms with Crippen LogP contribution in [0.25, 0.3) is 5.65 Å². The van der Waals surface area contributed by atoms with Crippen LogP contribution in [0.5, 0.6) is 0 Å². The van der Waals surface area contributed by atoms with Gasteiger partial charge in [-0.3, -0.25) is 4.90 Å². The Labute approximate surface area is 155 Å². The van der Waals surface area contributed by atoms with Crippen LogP contribution in [0.1, 0.15) is 69.8 Å². The van der Waals surface area contributed by atoms with Crippen molar-refractivity contribution in [1.82, 2.24) is 19.3 Å². The SMILES string of the molecule is CC(C)(C)OC(=O)N1CCC[C@@H]1c1cn2cc(Br)nc(C3CC3)c2n1. The Bertz CT molecular complexity index is 822. The second-order valence-electron chi connectivity index (χ2n) is 7.95. The van der Waals surface area contributed by atoms with Crippen molar-refractivity contribution in [2.75, 3.05) is 6.54 Å². The van der Waals surface area contributed by atoms with Gasteiger partial charge in [0.1, 0.15) is 10.2 Å². The first kappa shape index (κ1) is 16.8. The van der Waals surface area contributed by atoms with Crippen molar-refractivity contribution in [2.45, 2.75) is 64.0 Å². The molecule has 1 atom stereocenters. The largest absolute Gasteiger partial charge is 0.444 e. The summed E-state index contributed by atoms with van der Waals surface area (Å²) < 4.78 is 8.43. The minimum atomic E-state index is -0.489. The number of likely N-dealkylation sites (tertiary alicyclic amines) is 1. The maximum Gasteiger partial charge on any atom is 0.410 e. The van der Waals surface area contributed by atoms with Gasteiger partial charge in [0.25, 0.3) is 0 Å². The Morgan fingerprint density at radius 2 is 2.00 bits per heavy atom. The molecule has 0 spiro atoms. The summed E-state index contributed by atoms with van der Waals surface area (Å²) in [6, 6.07) is -0.0272.